The Morgan fingerprint density at radius 2 is 1.50 bits per heavy atom. The number of carbonyl (C=O) groups excluding carboxylic acids is 2. The molecule has 0 atom stereocenters. The molecule has 0 N–H and O–H groups in total. The highest BCUT2D eigenvalue weighted by Gasteiger charge is 2.34. The van der Waals surface area contributed by atoms with Crippen molar-refractivity contribution >= 4 is 11.8 Å². The van der Waals surface area contributed by atoms with Crippen molar-refractivity contribution in [3.63, 3.8) is 0 Å². The number of aromatic nitrogens is 2. The quantitative estimate of drug-likeness (QED) is 0.567. The largest absolute Gasteiger partial charge is 0.302 e. The van der Waals surface area contributed by atoms with E-state index in [1.54, 1.807) is 24.3 Å². The molecule has 1 aliphatic rings. The minimum absolute atomic E-state index is 0.186. The average Bonchev–Trinajstić information content (AvgIpc) is 3.17. The predicted molar refractivity (Wildman–Crippen MR) is 116 cm³/mol. The third-order valence-electron chi connectivity index (χ3n) is 5.67. The average molecular weight is 402 g/mol. The molecular weight excluding hydrogens is 376 g/mol. The van der Waals surface area contributed by atoms with Crippen LogP contribution < -0.4 is 0 Å². The van der Waals surface area contributed by atoms with E-state index in [0.29, 0.717) is 17.7 Å². The van der Waals surface area contributed by atoms with Crippen LogP contribution in [-0.2, 0) is 6.54 Å². The Balaban J connectivity index is 1.36. The standard InChI is InChI=1S/C24H26N4O2/c1-17-22(18(2)28(25-17)19-10-5-4-6-11-19)16-26(3)14-9-15-27-23(29)20-12-7-8-13-21(20)24(27)30/h4-8,10-13H,9,14-16H2,1-3H3. The molecule has 0 saturated carbocycles. The number of nitrogens with zero attached hydrogens (tertiary/aromatic N) is 4. The van der Waals surface area contributed by atoms with E-state index in [2.05, 4.69) is 31.0 Å². The molecule has 0 bridgehead atoms. The van der Waals surface area contributed by atoms with Gasteiger partial charge < -0.3 is 4.90 Å². The molecule has 2 aromatic carbocycles. The molecule has 3 aromatic rings. The SMILES string of the molecule is Cc1nn(-c2ccccc2)c(C)c1CN(C)CCCN1C(=O)c2ccccc2C1=O. The molecule has 1 aromatic heterocycles. The molecule has 0 unspecified atom stereocenters. The first-order valence-electron chi connectivity index (χ1n) is 10.2. The summed E-state index contributed by atoms with van der Waals surface area (Å²) in [6.45, 7) is 6.11. The van der Waals surface area contributed by atoms with Gasteiger partial charge in [-0.1, -0.05) is 30.3 Å². The number of hydrogen-bond donors (Lipinski definition) is 0. The highest BCUT2D eigenvalue weighted by molar-refractivity contribution is 6.21. The van der Waals surface area contributed by atoms with Gasteiger partial charge in [0.15, 0.2) is 0 Å². The molecule has 0 spiro atoms. The number of carbonyl (C=O) groups is 2. The molecule has 2 amide bonds. The topological polar surface area (TPSA) is 58.4 Å². The number of amides is 2. The fourth-order valence-electron chi connectivity index (χ4n) is 4.01. The van der Waals surface area contributed by atoms with Crippen LogP contribution in [0.25, 0.3) is 5.69 Å². The van der Waals surface area contributed by atoms with Gasteiger partial charge in [-0.15, -0.1) is 0 Å². The van der Waals surface area contributed by atoms with Crippen molar-refractivity contribution in [2.24, 2.45) is 0 Å². The van der Waals surface area contributed by atoms with Gasteiger partial charge in [0, 0.05) is 24.3 Å². The molecule has 0 fully saturated rings. The van der Waals surface area contributed by atoms with Crippen molar-refractivity contribution in [1.29, 1.82) is 0 Å². The number of benzene rings is 2. The van der Waals surface area contributed by atoms with Gasteiger partial charge in [0.1, 0.15) is 0 Å². The second kappa shape index (κ2) is 8.24. The van der Waals surface area contributed by atoms with Crippen LogP contribution in [0.15, 0.2) is 54.6 Å². The van der Waals surface area contributed by atoms with Gasteiger partial charge in [0.25, 0.3) is 11.8 Å². The van der Waals surface area contributed by atoms with E-state index in [1.165, 1.54) is 10.5 Å². The number of aryl methyl sites for hydroxylation is 1. The molecule has 0 aliphatic carbocycles. The Hall–Kier alpha value is -3.25. The lowest BCUT2D eigenvalue weighted by Gasteiger charge is -2.19. The van der Waals surface area contributed by atoms with Gasteiger partial charge in [-0.05, 0) is 58.1 Å². The summed E-state index contributed by atoms with van der Waals surface area (Å²) in [5, 5.41) is 4.71. The zero-order valence-corrected chi connectivity index (χ0v) is 17.6. The summed E-state index contributed by atoms with van der Waals surface area (Å²) in [6, 6.07) is 17.1. The molecule has 0 saturated heterocycles. The highest BCUT2D eigenvalue weighted by atomic mass is 16.2. The van der Waals surface area contributed by atoms with Crippen LogP contribution in [0.3, 0.4) is 0 Å². The molecule has 154 valence electrons. The molecule has 6 nitrogen and oxygen atoms in total. The van der Waals surface area contributed by atoms with Crippen LogP contribution >= 0.6 is 0 Å². The maximum Gasteiger partial charge on any atom is 0.261 e. The lowest BCUT2D eigenvalue weighted by molar-refractivity contribution is 0.0648. The summed E-state index contributed by atoms with van der Waals surface area (Å²) >= 11 is 0. The third kappa shape index (κ3) is 3.66. The van der Waals surface area contributed by atoms with Gasteiger partial charge >= 0.3 is 0 Å². The maximum absolute atomic E-state index is 12.5. The fourth-order valence-corrected chi connectivity index (χ4v) is 4.01. The zero-order chi connectivity index (χ0) is 21.3. The van der Waals surface area contributed by atoms with Gasteiger partial charge in [0.05, 0.1) is 22.5 Å². The van der Waals surface area contributed by atoms with Gasteiger partial charge in [-0.25, -0.2) is 4.68 Å². The number of imide groups is 1. The first-order valence-corrected chi connectivity index (χ1v) is 10.2. The van der Waals surface area contributed by atoms with Gasteiger partial charge in [-0.3, -0.25) is 14.5 Å². The lowest BCUT2D eigenvalue weighted by atomic mass is 10.1. The Labute approximate surface area is 176 Å². The third-order valence-corrected chi connectivity index (χ3v) is 5.67. The smallest absolute Gasteiger partial charge is 0.261 e. The summed E-state index contributed by atoms with van der Waals surface area (Å²) in [7, 11) is 2.06. The number of para-hydroxylation sites is 1. The normalized spacial score (nSPS) is 13.4. The minimum atomic E-state index is -0.186. The van der Waals surface area contributed by atoms with Crippen LogP contribution in [-0.4, -0.2) is 51.5 Å². The summed E-state index contributed by atoms with van der Waals surface area (Å²) in [4.78, 5) is 28.5. The zero-order valence-electron chi connectivity index (χ0n) is 17.6. The fraction of sp³-hybridized carbons (Fsp3) is 0.292. The van der Waals surface area contributed by atoms with Crippen molar-refractivity contribution in [3.8, 4) is 5.69 Å². The van der Waals surface area contributed by atoms with E-state index in [4.69, 9.17) is 5.10 Å². The first-order chi connectivity index (χ1) is 14.5. The van der Waals surface area contributed by atoms with Crippen molar-refractivity contribution < 1.29 is 9.59 Å². The Bertz CT molecular complexity index is 1050. The monoisotopic (exact) mass is 402 g/mol. The molecule has 2 heterocycles. The summed E-state index contributed by atoms with van der Waals surface area (Å²) in [5.74, 6) is -0.372. The number of fused-ring (bicyclic) bond motifs is 1. The Morgan fingerprint density at radius 3 is 2.13 bits per heavy atom. The van der Waals surface area contributed by atoms with Gasteiger partial charge in [0.2, 0.25) is 0 Å². The maximum atomic E-state index is 12.5. The van der Waals surface area contributed by atoms with Crippen molar-refractivity contribution in [1.82, 2.24) is 19.6 Å². The Morgan fingerprint density at radius 1 is 0.900 bits per heavy atom. The van der Waals surface area contributed by atoms with Crippen molar-refractivity contribution in [3.05, 3.63) is 82.7 Å². The van der Waals surface area contributed by atoms with E-state index >= 15 is 0 Å². The van der Waals surface area contributed by atoms with Crippen LogP contribution in [0.2, 0.25) is 0 Å². The molecule has 0 radical (unpaired) electrons. The second-order valence-corrected chi connectivity index (χ2v) is 7.80. The van der Waals surface area contributed by atoms with E-state index < -0.39 is 0 Å². The number of rotatable bonds is 7. The second-order valence-electron chi connectivity index (χ2n) is 7.80. The summed E-state index contributed by atoms with van der Waals surface area (Å²) in [6.07, 6.45) is 0.729. The lowest BCUT2D eigenvalue weighted by Crippen LogP contribution is -2.32. The van der Waals surface area contributed by atoms with Gasteiger partial charge in [-0.2, -0.15) is 5.10 Å². The minimum Gasteiger partial charge on any atom is -0.302 e. The molecular formula is C24H26N4O2. The molecule has 6 heteroatoms. The summed E-state index contributed by atoms with van der Waals surface area (Å²) in [5.41, 5.74) is 5.43. The van der Waals surface area contributed by atoms with Crippen LogP contribution in [0.4, 0.5) is 0 Å². The van der Waals surface area contributed by atoms with Crippen molar-refractivity contribution in [2.45, 2.75) is 26.8 Å². The van der Waals surface area contributed by atoms with Crippen LogP contribution in [0, 0.1) is 13.8 Å². The number of hydrogen-bond acceptors (Lipinski definition) is 4. The Kier molecular flexibility index (Phi) is 5.50. The van der Waals surface area contributed by atoms with Crippen LogP contribution in [0.5, 0.6) is 0 Å². The molecule has 4 rings (SSSR count). The van der Waals surface area contributed by atoms with E-state index in [-0.39, 0.29) is 11.8 Å². The van der Waals surface area contributed by atoms with E-state index in [0.717, 1.165) is 36.6 Å². The molecule has 1 aliphatic heterocycles. The highest BCUT2D eigenvalue weighted by Crippen LogP contribution is 2.23. The van der Waals surface area contributed by atoms with E-state index in [1.807, 2.05) is 29.8 Å². The van der Waals surface area contributed by atoms with Crippen LogP contribution in [0.1, 0.15) is 44.1 Å². The van der Waals surface area contributed by atoms with E-state index in [9.17, 15) is 9.59 Å². The first kappa shape index (κ1) is 20.0. The predicted octanol–water partition coefficient (Wildman–Crippen LogP) is 3.61. The summed E-state index contributed by atoms with van der Waals surface area (Å²) < 4.78 is 1.98. The molecule has 30 heavy (non-hydrogen) atoms. The van der Waals surface area contributed by atoms with Crippen molar-refractivity contribution in [2.75, 3.05) is 20.1 Å².